The molecule has 3 aromatic rings. The molecule has 0 N–H and O–H groups in total. The van der Waals surface area contributed by atoms with E-state index in [1.807, 2.05) is 31.2 Å². The monoisotopic (exact) mass is 454 g/mol. The van der Waals surface area contributed by atoms with E-state index in [1.165, 1.54) is 22.4 Å². The summed E-state index contributed by atoms with van der Waals surface area (Å²) >= 11 is 0. The zero-order valence-corrected chi connectivity index (χ0v) is 20.6. The molecule has 5 rings (SSSR count). The van der Waals surface area contributed by atoms with Crippen molar-refractivity contribution >= 4 is 22.2 Å². The second-order valence-electron chi connectivity index (χ2n) is 9.47. The lowest BCUT2D eigenvalue weighted by atomic mass is 9.88. The molecule has 3 aromatic carbocycles. The number of anilines is 1. The van der Waals surface area contributed by atoms with Gasteiger partial charge in [-0.2, -0.15) is 0 Å². The minimum absolute atomic E-state index is 0.120. The average Bonchev–Trinajstić information content (AvgIpc) is 3.05. The molecule has 2 aliphatic rings. The van der Waals surface area contributed by atoms with Crippen LogP contribution < -0.4 is 10.3 Å². The Labute approximate surface area is 202 Å². The highest BCUT2D eigenvalue weighted by atomic mass is 16.1. The third kappa shape index (κ3) is 3.74. The number of Topliss-reactive ketones (excluding diaryl/α,β-unsaturated/α-hetero) is 1. The van der Waals surface area contributed by atoms with Gasteiger partial charge in [0.25, 0.3) is 0 Å². The van der Waals surface area contributed by atoms with Crippen LogP contribution in [0.25, 0.3) is 21.9 Å². The molecule has 0 atom stereocenters. The first-order chi connectivity index (χ1) is 16.6. The van der Waals surface area contributed by atoms with Gasteiger partial charge < -0.3 is 9.80 Å². The summed E-state index contributed by atoms with van der Waals surface area (Å²) in [4.78, 5) is 31.0. The summed E-state index contributed by atoms with van der Waals surface area (Å²) in [5, 5.41) is 1.78. The van der Waals surface area contributed by atoms with Gasteiger partial charge in [0, 0.05) is 48.3 Å². The van der Waals surface area contributed by atoms with Crippen LogP contribution in [-0.4, -0.2) is 43.4 Å². The van der Waals surface area contributed by atoms with Gasteiger partial charge in [0.2, 0.25) is 0 Å². The summed E-state index contributed by atoms with van der Waals surface area (Å²) in [5.74, 6) is 0.241. The van der Waals surface area contributed by atoms with Crippen LogP contribution in [0.4, 0.5) is 5.69 Å². The lowest BCUT2D eigenvalue weighted by Gasteiger charge is -2.29. The number of rotatable bonds is 6. The lowest BCUT2D eigenvalue weighted by molar-refractivity contribution is 0.0994. The Morgan fingerprint density at radius 1 is 0.853 bits per heavy atom. The van der Waals surface area contributed by atoms with Crippen molar-refractivity contribution in [3.05, 3.63) is 74.9 Å². The third-order valence-corrected chi connectivity index (χ3v) is 7.82. The predicted octanol–water partition coefficient (Wildman–Crippen LogP) is 5.26. The van der Waals surface area contributed by atoms with Gasteiger partial charge in [0.15, 0.2) is 11.2 Å². The molecule has 4 nitrogen and oxygen atoms in total. The molecule has 0 spiro atoms. The normalized spacial score (nSPS) is 14.8. The maximum absolute atomic E-state index is 13.4. The minimum atomic E-state index is 0.120. The van der Waals surface area contributed by atoms with E-state index in [9.17, 15) is 9.59 Å². The number of nitrogens with zero attached hydrogens (tertiary/aromatic N) is 2. The van der Waals surface area contributed by atoms with E-state index in [-0.39, 0.29) is 11.2 Å². The molecule has 0 fully saturated rings. The number of carbonyl (C=O) groups is 1. The minimum Gasteiger partial charge on any atom is -0.369 e. The summed E-state index contributed by atoms with van der Waals surface area (Å²) in [7, 11) is 0. The van der Waals surface area contributed by atoms with Crippen molar-refractivity contribution < 1.29 is 4.79 Å². The quantitative estimate of drug-likeness (QED) is 0.509. The fourth-order valence-electron chi connectivity index (χ4n) is 5.81. The SMILES string of the molecule is CCc1cccc2c3c(ccc2c1=O)N(CCN(CC)CC)CCc1ccc2c(c1-3)CCC2=O. The Bertz CT molecular complexity index is 1320. The Hall–Kier alpha value is -2.98. The van der Waals surface area contributed by atoms with Crippen LogP contribution in [0.3, 0.4) is 0 Å². The van der Waals surface area contributed by atoms with E-state index in [1.54, 1.807) is 0 Å². The van der Waals surface area contributed by atoms with Crippen molar-refractivity contribution in [3.63, 3.8) is 0 Å². The Morgan fingerprint density at radius 2 is 1.68 bits per heavy atom. The van der Waals surface area contributed by atoms with Gasteiger partial charge in [0.05, 0.1) is 0 Å². The second-order valence-corrected chi connectivity index (χ2v) is 9.47. The molecule has 1 aliphatic heterocycles. The van der Waals surface area contributed by atoms with Gasteiger partial charge in [-0.15, -0.1) is 0 Å². The van der Waals surface area contributed by atoms with Gasteiger partial charge in [-0.05, 0) is 72.1 Å². The van der Waals surface area contributed by atoms with Gasteiger partial charge >= 0.3 is 0 Å². The van der Waals surface area contributed by atoms with E-state index in [4.69, 9.17) is 0 Å². The number of carbonyl (C=O) groups excluding carboxylic acids is 1. The van der Waals surface area contributed by atoms with Crippen LogP contribution in [0, 0.1) is 0 Å². The number of likely N-dealkylation sites (N-methyl/N-ethyl adjacent to an activating group) is 1. The fourth-order valence-corrected chi connectivity index (χ4v) is 5.81. The van der Waals surface area contributed by atoms with Crippen LogP contribution in [0.5, 0.6) is 0 Å². The first-order valence-corrected chi connectivity index (χ1v) is 12.8. The molecule has 1 aliphatic carbocycles. The van der Waals surface area contributed by atoms with Crippen LogP contribution in [-0.2, 0) is 19.3 Å². The summed E-state index contributed by atoms with van der Waals surface area (Å²) in [6.07, 6.45) is 3.03. The molecule has 0 aromatic heterocycles. The maximum Gasteiger partial charge on any atom is 0.189 e. The zero-order chi connectivity index (χ0) is 23.8. The summed E-state index contributed by atoms with van der Waals surface area (Å²) in [6, 6.07) is 14.5. The topological polar surface area (TPSA) is 40.6 Å². The van der Waals surface area contributed by atoms with E-state index in [0.717, 1.165) is 79.4 Å². The summed E-state index contributed by atoms with van der Waals surface area (Å²) in [6.45, 7) is 11.4. The van der Waals surface area contributed by atoms with Gasteiger partial charge in [-0.1, -0.05) is 51.1 Å². The standard InChI is InChI=1S/C30H34N2O2/c1-4-20-8-7-9-23-25(30(20)34)12-14-26-29(23)28-21(10-11-22-24(28)13-15-27(22)33)16-17-32(26)19-18-31(5-2)6-3/h7-12,14H,4-6,13,15-19H2,1-3H3. The van der Waals surface area contributed by atoms with E-state index in [0.29, 0.717) is 6.42 Å². The first-order valence-electron chi connectivity index (χ1n) is 12.8. The van der Waals surface area contributed by atoms with Crippen molar-refractivity contribution in [1.82, 2.24) is 4.90 Å². The van der Waals surface area contributed by atoms with Gasteiger partial charge in [0.1, 0.15) is 0 Å². The molecule has 4 heteroatoms. The van der Waals surface area contributed by atoms with Crippen molar-refractivity contribution in [1.29, 1.82) is 0 Å². The Morgan fingerprint density at radius 3 is 2.44 bits per heavy atom. The molecule has 0 amide bonds. The van der Waals surface area contributed by atoms with Crippen LogP contribution in [0.1, 0.15) is 54.2 Å². The smallest absolute Gasteiger partial charge is 0.189 e. The second kappa shape index (κ2) is 9.34. The number of benzene rings is 2. The molecule has 0 radical (unpaired) electrons. The van der Waals surface area contributed by atoms with Crippen molar-refractivity contribution in [3.8, 4) is 11.1 Å². The molecular formula is C30H34N2O2. The number of aryl methyl sites for hydroxylation is 1. The van der Waals surface area contributed by atoms with Gasteiger partial charge in [-0.3, -0.25) is 9.59 Å². The van der Waals surface area contributed by atoms with Crippen molar-refractivity contribution in [2.45, 2.75) is 46.5 Å². The highest BCUT2D eigenvalue weighted by molar-refractivity contribution is 6.09. The molecule has 0 saturated heterocycles. The highest BCUT2D eigenvalue weighted by Gasteiger charge is 2.30. The lowest BCUT2D eigenvalue weighted by Crippen LogP contribution is -2.36. The van der Waals surface area contributed by atoms with Crippen LogP contribution >= 0.6 is 0 Å². The van der Waals surface area contributed by atoms with Crippen LogP contribution in [0.2, 0.25) is 0 Å². The largest absolute Gasteiger partial charge is 0.369 e. The number of fused-ring (bicyclic) bond motifs is 7. The van der Waals surface area contributed by atoms with Crippen molar-refractivity contribution in [2.24, 2.45) is 0 Å². The van der Waals surface area contributed by atoms with Crippen molar-refractivity contribution in [2.75, 3.05) is 37.6 Å². The maximum atomic E-state index is 13.4. The predicted molar refractivity (Wildman–Crippen MR) is 141 cm³/mol. The molecule has 176 valence electrons. The molecule has 1 heterocycles. The summed E-state index contributed by atoms with van der Waals surface area (Å²) < 4.78 is 0. The van der Waals surface area contributed by atoms with E-state index >= 15 is 0 Å². The molecular weight excluding hydrogens is 420 g/mol. The summed E-state index contributed by atoms with van der Waals surface area (Å²) in [5.41, 5.74) is 7.85. The molecule has 34 heavy (non-hydrogen) atoms. The highest BCUT2D eigenvalue weighted by Crippen LogP contribution is 2.45. The molecule has 0 unspecified atom stereocenters. The Kier molecular flexibility index (Phi) is 6.26. The average molecular weight is 455 g/mol. The van der Waals surface area contributed by atoms with E-state index in [2.05, 4.69) is 41.8 Å². The first kappa shape index (κ1) is 22.8. The molecule has 0 saturated carbocycles. The Balaban J connectivity index is 1.79. The van der Waals surface area contributed by atoms with E-state index < -0.39 is 0 Å². The fraction of sp³-hybridized carbons (Fsp3) is 0.400. The zero-order valence-electron chi connectivity index (χ0n) is 20.6. The number of ketones is 1. The van der Waals surface area contributed by atoms with Gasteiger partial charge in [-0.25, -0.2) is 0 Å². The third-order valence-electron chi connectivity index (χ3n) is 7.82. The number of hydrogen-bond donors (Lipinski definition) is 0. The molecule has 0 bridgehead atoms. The number of hydrogen-bond acceptors (Lipinski definition) is 4. The van der Waals surface area contributed by atoms with Crippen LogP contribution in [0.15, 0.2) is 47.3 Å².